The van der Waals surface area contributed by atoms with Gasteiger partial charge < -0.3 is 0 Å². The van der Waals surface area contributed by atoms with Gasteiger partial charge in [-0.05, 0) is 25.2 Å². The van der Waals surface area contributed by atoms with E-state index < -0.39 is 0 Å². The predicted octanol–water partition coefficient (Wildman–Crippen LogP) is 0.638. The zero-order chi connectivity index (χ0) is 5.98. The second kappa shape index (κ2) is 2.46. The van der Waals surface area contributed by atoms with Gasteiger partial charge in [-0.25, -0.2) is 0 Å². The maximum atomic E-state index is 5.27. The van der Waals surface area contributed by atoms with Crippen molar-refractivity contribution in [3.05, 3.63) is 0 Å². The molecule has 0 aromatic rings. The lowest BCUT2D eigenvalue weighted by atomic mass is 10.1. The second-order valence-corrected chi connectivity index (χ2v) is 2.52. The van der Waals surface area contributed by atoms with Crippen LogP contribution in [0, 0.1) is 5.92 Å². The highest BCUT2D eigenvalue weighted by atomic mass is 15.2. The molecule has 0 aromatic heterocycles. The molecule has 1 aliphatic rings. The van der Waals surface area contributed by atoms with Gasteiger partial charge in [0, 0.05) is 6.04 Å². The topological polar surface area (TPSA) is 38.0 Å². The summed E-state index contributed by atoms with van der Waals surface area (Å²) in [4.78, 5) is 0. The van der Waals surface area contributed by atoms with Gasteiger partial charge in [0.2, 0.25) is 0 Å². The number of rotatable bonds is 3. The first-order chi connectivity index (χ1) is 3.88. The molecule has 1 rings (SSSR count). The first-order valence-electron chi connectivity index (χ1n) is 3.34. The molecule has 0 aliphatic heterocycles. The Morgan fingerprint density at radius 3 is 2.50 bits per heavy atom. The first kappa shape index (κ1) is 6.05. The predicted molar refractivity (Wildman–Crippen MR) is 34.1 cm³/mol. The number of hydrogen-bond donors (Lipinski definition) is 2. The molecule has 48 valence electrons. The Morgan fingerprint density at radius 1 is 1.75 bits per heavy atom. The van der Waals surface area contributed by atoms with Gasteiger partial charge in [0.1, 0.15) is 0 Å². The van der Waals surface area contributed by atoms with Crippen LogP contribution in [-0.2, 0) is 0 Å². The van der Waals surface area contributed by atoms with Crippen molar-refractivity contribution in [3.63, 3.8) is 0 Å². The molecule has 1 saturated carbocycles. The lowest BCUT2D eigenvalue weighted by Crippen LogP contribution is -2.35. The van der Waals surface area contributed by atoms with E-state index in [4.69, 9.17) is 5.84 Å². The lowest BCUT2D eigenvalue weighted by Gasteiger charge is -2.10. The zero-order valence-corrected chi connectivity index (χ0v) is 5.35. The van der Waals surface area contributed by atoms with Crippen LogP contribution in [0.5, 0.6) is 0 Å². The molecular formula is C6H14N2. The van der Waals surface area contributed by atoms with E-state index in [1.54, 1.807) is 0 Å². The van der Waals surface area contributed by atoms with Gasteiger partial charge in [-0.1, -0.05) is 6.92 Å². The van der Waals surface area contributed by atoms with Crippen LogP contribution in [0.2, 0.25) is 0 Å². The van der Waals surface area contributed by atoms with Gasteiger partial charge in [-0.3, -0.25) is 11.3 Å². The fourth-order valence-electron chi connectivity index (χ4n) is 1.09. The molecule has 0 bridgehead atoms. The minimum Gasteiger partial charge on any atom is -0.271 e. The molecule has 0 aromatic carbocycles. The molecule has 0 amide bonds. The Kier molecular flexibility index (Phi) is 1.86. The highest BCUT2D eigenvalue weighted by Gasteiger charge is 2.28. The summed E-state index contributed by atoms with van der Waals surface area (Å²) in [6.07, 6.45) is 3.92. The van der Waals surface area contributed by atoms with Crippen LogP contribution in [-0.4, -0.2) is 6.04 Å². The highest BCUT2D eigenvalue weighted by Crippen LogP contribution is 2.33. The van der Waals surface area contributed by atoms with Gasteiger partial charge >= 0.3 is 0 Å². The molecular weight excluding hydrogens is 100 g/mol. The Bertz CT molecular complexity index is 64.9. The maximum Gasteiger partial charge on any atom is 0.0236 e. The summed E-state index contributed by atoms with van der Waals surface area (Å²) in [5, 5.41) is 0. The first-order valence-corrected chi connectivity index (χ1v) is 3.34. The number of nitrogens with two attached hydrogens (primary N) is 1. The van der Waals surface area contributed by atoms with E-state index in [9.17, 15) is 0 Å². The third-order valence-corrected chi connectivity index (χ3v) is 1.84. The van der Waals surface area contributed by atoms with Gasteiger partial charge in [0.05, 0.1) is 0 Å². The summed E-state index contributed by atoms with van der Waals surface area (Å²) in [7, 11) is 0. The summed E-state index contributed by atoms with van der Waals surface area (Å²) in [6.45, 7) is 2.17. The molecule has 1 unspecified atom stereocenters. The van der Waals surface area contributed by atoms with Crippen LogP contribution >= 0.6 is 0 Å². The maximum absolute atomic E-state index is 5.27. The Morgan fingerprint density at radius 2 is 2.38 bits per heavy atom. The van der Waals surface area contributed by atoms with Crippen molar-refractivity contribution in [1.82, 2.24) is 5.43 Å². The van der Waals surface area contributed by atoms with Gasteiger partial charge in [-0.2, -0.15) is 0 Å². The molecule has 1 fully saturated rings. The summed E-state index contributed by atoms with van der Waals surface area (Å²) in [6, 6.07) is 0.593. The smallest absolute Gasteiger partial charge is 0.0236 e. The molecule has 2 nitrogen and oxygen atoms in total. The number of hydrogen-bond acceptors (Lipinski definition) is 2. The third-order valence-electron chi connectivity index (χ3n) is 1.84. The monoisotopic (exact) mass is 114 g/mol. The molecule has 0 radical (unpaired) electrons. The Labute approximate surface area is 50.4 Å². The summed E-state index contributed by atoms with van der Waals surface area (Å²) in [5.74, 6) is 6.17. The molecule has 1 atom stereocenters. The average Bonchev–Trinajstić information content (AvgIpc) is 2.53. The van der Waals surface area contributed by atoms with Crippen LogP contribution in [0.3, 0.4) is 0 Å². The van der Waals surface area contributed by atoms with Crippen molar-refractivity contribution >= 4 is 0 Å². The summed E-state index contributed by atoms with van der Waals surface area (Å²) >= 11 is 0. The summed E-state index contributed by atoms with van der Waals surface area (Å²) in [5.41, 5.74) is 2.81. The van der Waals surface area contributed by atoms with Crippen LogP contribution in [0.1, 0.15) is 26.2 Å². The van der Waals surface area contributed by atoms with Crippen LogP contribution < -0.4 is 11.3 Å². The minimum absolute atomic E-state index is 0.593. The molecule has 8 heavy (non-hydrogen) atoms. The number of nitrogens with one attached hydrogen (secondary N) is 1. The lowest BCUT2D eigenvalue weighted by molar-refractivity contribution is 0.462. The molecule has 3 N–H and O–H groups in total. The van der Waals surface area contributed by atoms with Crippen molar-refractivity contribution in [1.29, 1.82) is 0 Å². The molecule has 2 heteroatoms. The molecule has 0 spiro atoms. The summed E-state index contributed by atoms with van der Waals surface area (Å²) < 4.78 is 0. The Balaban J connectivity index is 2.15. The van der Waals surface area contributed by atoms with Gasteiger partial charge in [0.15, 0.2) is 0 Å². The SMILES string of the molecule is CCC(NN)C1CC1. The minimum atomic E-state index is 0.593. The Hall–Kier alpha value is -0.0800. The average molecular weight is 114 g/mol. The van der Waals surface area contributed by atoms with Gasteiger partial charge in [0.25, 0.3) is 0 Å². The van der Waals surface area contributed by atoms with E-state index >= 15 is 0 Å². The second-order valence-electron chi connectivity index (χ2n) is 2.52. The van der Waals surface area contributed by atoms with Crippen LogP contribution in [0.25, 0.3) is 0 Å². The van der Waals surface area contributed by atoms with Crippen LogP contribution in [0.15, 0.2) is 0 Å². The van der Waals surface area contributed by atoms with E-state index in [0.29, 0.717) is 6.04 Å². The van der Waals surface area contributed by atoms with E-state index in [2.05, 4.69) is 12.3 Å². The van der Waals surface area contributed by atoms with Crippen molar-refractivity contribution in [3.8, 4) is 0 Å². The van der Waals surface area contributed by atoms with E-state index in [1.807, 2.05) is 0 Å². The molecule has 0 heterocycles. The van der Waals surface area contributed by atoms with Crippen LogP contribution in [0.4, 0.5) is 0 Å². The van der Waals surface area contributed by atoms with Gasteiger partial charge in [-0.15, -0.1) is 0 Å². The molecule has 0 saturated heterocycles. The van der Waals surface area contributed by atoms with Crippen molar-refractivity contribution in [2.75, 3.05) is 0 Å². The standard InChI is InChI=1S/C6H14N2/c1-2-6(8-7)5-3-4-5/h5-6,8H,2-4,7H2,1H3. The number of hydrazine groups is 1. The van der Waals surface area contributed by atoms with Crippen molar-refractivity contribution in [2.45, 2.75) is 32.2 Å². The fourth-order valence-corrected chi connectivity index (χ4v) is 1.09. The van der Waals surface area contributed by atoms with E-state index in [1.165, 1.54) is 19.3 Å². The third kappa shape index (κ3) is 1.20. The fraction of sp³-hybridized carbons (Fsp3) is 1.00. The quantitative estimate of drug-likeness (QED) is 0.417. The zero-order valence-electron chi connectivity index (χ0n) is 5.35. The van der Waals surface area contributed by atoms with Crippen molar-refractivity contribution in [2.24, 2.45) is 11.8 Å². The normalized spacial score (nSPS) is 23.2. The van der Waals surface area contributed by atoms with E-state index in [-0.39, 0.29) is 0 Å². The van der Waals surface area contributed by atoms with Crippen molar-refractivity contribution < 1.29 is 0 Å². The highest BCUT2D eigenvalue weighted by molar-refractivity contribution is 4.83. The van der Waals surface area contributed by atoms with E-state index in [0.717, 1.165) is 5.92 Å². The largest absolute Gasteiger partial charge is 0.271 e. The molecule has 1 aliphatic carbocycles.